The van der Waals surface area contributed by atoms with Gasteiger partial charge in [0.2, 0.25) is 5.91 Å². The summed E-state index contributed by atoms with van der Waals surface area (Å²) in [5.74, 6) is 0.239. The minimum absolute atomic E-state index is 0.00229. The van der Waals surface area contributed by atoms with Crippen molar-refractivity contribution in [3.05, 3.63) is 58.3 Å². The predicted octanol–water partition coefficient (Wildman–Crippen LogP) is 3.65. The molecule has 0 atom stereocenters. The molecule has 27 heavy (non-hydrogen) atoms. The van der Waals surface area contributed by atoms with Crippen LogP contribution in [0.15, 0.2) is 35.4 Å². The standard InChI is InChI=1S/C21H25N3O2S/c1-15-16(2)19(12-22)21(23-17(15)3)27-14-20(25)24(10-11-26-4)13-18-8-6-5-7-9-18/h5-9H,10-11,13-14H2,1-4H3. The number of rotatable bonds is 8. The second-order valence-electron chi connectivity index (χ2n) is 6.32. The third-order valence-corrected chi connectivity index (χ3v) is 5.50. The molecule has 2 aromatic rings. The van der Waals surface area contributed by atoms with E-state index >= 15 is 0 Å². The second kappa shape index (κ2) is 10.1. The normalized spacial score (nSPS) is 10.5. The number of hydrogen-bond donors (Lipinski definition) is 0. The molecule has 0 saturated heterocycles. The van der Waals surface area contributed by atoms with Crippen LogP contribution in [0.5, 0.6) is 0 Å². The van der Waals surface area contributed by atoms with Gasteiger partial charge in [-0.15, -0.1) is 0 Å². The van der Waals surface area contributed by atoms with Crippen molar-refractivity contribution in [1.29, 1.82) is 5.26 Å². The molecule has 142 valence electrons. The Bertz CT molecular complexity index is 832. The van der Waals surface area contributed by atoms with Crippen LogP contribution in [0.3, 0.4) is 0 Å². The van der Waals surface area contributed by atoms with Crippen LogP contribution in [0.1, 0.15) is 27.9 Å². The number of pyridine rings is 1. The predicted molar refractivity (Wildman–Crippen MR) is 108 cm³/mol. The molecule has 1 heterocycles. The molecule has 0 saturated carbocycles. The number of aromatic nitrogens is 1. The van der Waals surface area contributed by atoms with Crippen molar-refractivity contribution in [2.75, 3.05) is 26.0 Å². The Morgan fingerprint density at radius 3 is 2.56 bits per heavy atom. The fourth-order valence-corrected chi connectivity index (χ4v) is 3.65. The van der Waals surface area contributed by atoms with Crippen LogP contribution < -0.4 is 0 Å². The maximum absolute atomic E-state index is 12.8. The Hall–Kier alpha value is -2.36. The maximum Gasteiger partial charge on any atom is 0.233 e. The van der Waals surface area contributed by atoms with Crippen molar-refractivity contribution in [1.82, 2.24) is 9.88 Å². The van der Waals surface area contributed by atoms with Crippen LogP contribution in [-0.2, 0) is 16.1 Å². The zero-order valence-electron chi connectivity index (χ0n) is 16.3. The lowest BCUT2D eigenvalue weighted by Gasteiger charge is -2.22. The molecule has 1 aromatic carbocycles. The summed E-state index contributed by atoms with van der Waals surface area (Å²) >= 11 is 1.32. The first-order valence-electron chi connectivity index (χ1n) is 8.79. The summed E-state index contributed by atoms with van der Waals surface area (Å²) in [5.41, 5.74) is 4.47. The molecule has 0 fully saturated rings. The Labute approximate surface area is 165 Å². The molecule has 5 nitrogen and oxygen atoms in total. The molecule has 0 aliphatic heterocycles. The van der Waals surface area contributed by atoms with Gasteiger partial charge in [0.05, 0.1) is 17.9 Å². The minimum atomic E-state index is 0.00229. The van der Waals surface area contributed by atoms with Crippen LogP contribution in [0, 0.1) is 32.1 Å². The first kappa shape index (κ1) is 20.9. The van der Waals surface area contributed by atoms with E-state index in [0.29, 0.717) is 30.3 Å². The highest BCUT2D eigenvalue weighted by Gasteiger charge is 2.18. The van der Waals surface area contributed by atoms with Crippen molar-refractivity contribution < 1.29 is 9.53 Å². The number of nitriles is 1. The summed E-state index contributed by atoms with van der Waals surface area (Å²) in [6.07, 6.45) is 0. The van der Waals surface area contributed by atoms with E-state index in [1.165, 1.54) is 11.8 Å². The summed E-state index contributed by atoms with van der Waals surface area (Å²) in [5, 5.41) is 10.1. The maximum atomic E-state index is 12.8. The number of methoxy groups -OCH3 is 1. The third-order valence-electron chi connectivity index (χ3n) is 4.54. The highest BCUT2D eigenvalue weighted by Crippen LogP contribution is 2.26. The number of nitrogens with zero attached hydrogens (tertiary/aromatic N) is 3. The molecule has 0 radical (unpaired) electrons. The van der Waals surface area contributed by atoms with E-state index in [1.807, 2.05) is 51.1 Å². The Morgan fingerprint density at radius 2 is 1.93 bits per heavy atom. The first-order chi connectivity index (χ1) is 13.0. The van der Waals surface area contributed by atoms with Gasteiger partial charge in [-0.3, -0.25) is 4.79 Å². The van der Waals surface area contributed by atoms with Crippen molar-refractivity contribution in [3.8, 4) is 6.07 Å². The van der Waals surface area contributed by atoms with Crippen LogP contribution in [0.2, 0.25) is 0 Å². The third kappa shape index (κ3) is 5.56. The monoisotopic (exact) mass is 383 g/mol. The fraction of sp³-hybridized carbons (Fsp3) is 0.381. The summed E-state index contributed by atoms with van der Waals surface area (Å²) in [4.78, 5) is 19.1. The molecule has 2 rings (SSSR count). The molecule has 0 aliphatic carbocycles. The summed E-state index contributed by atoms with van der Waals surface area (Å²) in [6, 6.07) is 12.1. The second-order valence-corrected chi connectivity index (χ2v) is 7.29. The summed E-state index contributed by atoms with van der Waals surface area (Å²) < 4.78 is 5.15. The van der Waals surface area contributed by atoms with Crippen molar-refractivity contribution in [2.24, 2.45) is 0 Å². The average molecular weight is 384 g/mol. The molecule has 1 amide bonds. The van der Waals surface area contributed by atoms with Gasteiger partial charge in [0.1, 0.15) is 11.1 Å². The number of thioether (sulfide) groups is 1. The lowest BCUT2D eigenvalue weighted by molar-refractivity contribution is -0.129. The Morgan fingerprint density at radius 1 is 1.22 bits per heavy atom. The quantitative estimate of drug-likeness (QED) is 0.651. The lowest BCUT2D eigenvalue weighted by Crippen LogP contribution is -2.34. The van der Waals surface area contributed by atoms with Gasteiger partial charge in [0, 0.05) is 25.9 Å². The fourth-order valence-electron chi connectivity index (χ4n) is 2.67. The molecule has 0 aliphatic rings. The lowest BCUT2D eigenvalue weighted by atomic mass is 10.1. The van der Waals surface area contributed by atoms with E-state index in [4.69, 9.17) is 4.74 Å². The Kier molecular flexibility index (Phi) is 7.83. The number of aryl methyl sites for hydroxylation is 1. The Balaban J connectivity index is 2.12. The minimum Gasteiger partial charge on any atom is -0.383 e. The van der Waals surface area contributed by atoms with Crippen molar-refractivity contribution >= 4 is 17.7 Å². The van der Waals surface area contributed by atoms with E-state index in [2.05, 4.69) is 11.1 Å². The van der Waals surface area contributed by atoms with Crippen LogP contribution in [-0.4, -0.2) is 41.8 Å². The van der Waals surface area contributed by atoms with E-state index < -0.39 is 0 Å². The topological polar surface area (TPSA) is 66.2 Å². The SMILES string of the molecule is COCCN(Cc1ccccc1)C(=O)CSc1nc(C)c(C)c(C)c1C#N. The van der Waals surface area contributed by atoms with Crippen molar-refractivity contribution in [3.63, 3.8) is 0 Å². The van der Waals surface area contributed by atoms with Gasteiger partial charge in [-0.25, -0.2) is 4.98 Å². The molecule has 0 N–H and O–H groups in total. The van der Waals surface area contributed by atoms with Gasteiger partial charge >= 0.3 is 0 Å². The molecule has 0 spiro atoms. The number of benzene rings is 1. The molecular weight excluding hydrogens is 358 g/mol. The average Bonchev–Trinajstić information content (AvgIpc) is 2.68. The number of carbonyl (C=O) groups is 1. The van der Waals surface area contributed by atoms with Crippen molar-refractivity contribution in [2.45, 2.75) is 32.3 Å². The molecule has 6 heteroatoms. The number of amides is 1. The smallest absolute Gasteiger partial charge is 0.233 e. The summed E-state index contributed by atoms with van der Waals surface area (Å²) in [6.45, 7) is 7.35. The van der Waals surface area contributed by atoms with Gasteiger partial charge in [-0.1, -0.05) is 42.1 Å². The van der Waals surface area contributed by atoms with Gasteiger partial charge < -0.3 is 9.64 Å². The largest absolute Gasteiger partial charge is 0.383 e. The number of carbonyl (C=O) groups excluding carboxylic acids is 1. The number of hydrogen-bond acceptors (Lipinski definition) is 5. The van der Waals surface area contributed by atoms with Gasteiger partial charge in [0.15, 0.2) is 0 Å². The zero-order chi connectivity index (χ0) is 19.8. The van der Waals surface area contributed by atoms with Crippen LogP contribution >= 0.6 is 11.8 Å². The van der Waals surface area contributed by atoms with Crippen LogP contribution in [0.4, 0.5) is 0 Å². The summed E-state index contributed by atoms with van der Waals surface area (Å²) in [7, 11) is 1.63. The molecule has 1 aromatic heterocycles. The zero-order valence-corrected chi connectivity index (χ0v) is 17.1. The molecular formula is C21H25N3O2S. The van der Waals surface area contributed by atoms with E-state index in [1.54, 1.807) is 12.0 Å². The van der Waals surface area contributed by atoms with Gasteiger partial charge in [-0.2, -0.15) is 5.26 Å². The first-order valence-corrected chi connectivity index (χ1v) is 9.77. The highest BCUT2D eigenvalue weighted by molar-refractivity contribution is 8.00. The van der Waals surface area contributed by atoms with E-state index in [0.717, 1.165) is 22.4 Å². The number of ether oxygens (including phenoxy) is 1. The highest BCUT2D eigenvalue weighted by atomic mass is 32.2. The van der Waals surface area contributed by atoms with E-state index in [-0.39, 0.29) is 11.7 Å². The molecule has 0 bridgehead atoms. The van der Waals surface area contributed by atoms with Gasteiger partial charge in [0.25, 0.3) is 0 Å². The van der Waals surface area contributed by atoms with Crippen LogP contribution in [0.25, 0.3) is 0 Å². The molecule has 0 unspecified atom stereocenters. The van der Waals surface area contributed by atoms with Gasteiger partial charge in [-0.05, 0) is 37.5 Å². The van der Waals surface area contributed by atoms with E-state index in [9.17, 15) is 10.1 Å².